The lowest BCUT2D eigenvalue weighted by Crippen LogP contribution is -2.26. The molecule has 0 bridgehead atoms. The number of pyridine rings is 1. The zero-order chi connectivity index (χ0) is 17.5. The highest BCUT2D eigenvalue weighted by Gasteiger charge is 2.07. The molecular weight excluding hydrogens is 318 g/mol. The molecule has 0 aliphatic heterocycles. The molecule has 0 unspecified atom stereocenters. The summed E-state index contributed by atoms with van der Waals surface area (Å²) in [6.45, 7) is 3.44. The van der Waals surface area contributed by atoms with Crippen LogP contribution in [0.2, 0.25) is 0 Å². The first-order chi connectivity index (χ1) is 12.2. The number of aromatic amines is 1. The third kappa shape index (κ3) is 4.85. The molecule has 0 fully saturated rings. The summed E-state index contributed by atoms with van der Waals surface area (Å²) < 4.78 is 5.68. The van der Waals surface area contributed by atoms with Gasteiger partial charge >= 0.3 is 0 Å². The minimum Gasteiger partial charge on any atom is -0.492 e. The molecule has 0 amide bonds. The van der Waals surface area contributed by atoms with Crippen LogP contribution in [0.25, 0.3) is 11.4 Å². The minimum absolute atomic E-state index is 0.435. The van der Waals surface area contributed by atoms with E-state index >= 15 is 0 Å². The number of aliphatic hydroxyl groups is 1. The normalized spacial score (nSPS) is 12.1. The van der Waals surface area contributed by atoms with E-state index in [-0.39, 0.29) is 0 Å². The predicted octanol–water partition coefficient (Wildman–Crippen LogP) is 1.88. The lowest BCUT2D eigenvalue weighted by Gasteiger charge is -2.12. The van der Waals surface area contributed by atoms with E-state index in [1.165, 1.54) is 0 Å². The molecule has 0 aliphatic carbocycles. The van der Waals surface area contributed by atoms with Crippen LogP contribution in [-0.2, 0) is 0 Å². The number of H-pyrrole nitrogens is 1. The van der Waals surface area contributed by atoms with Gasteiger partial charge in [0, 0.05) is 24.8 Å². The summed E-state index contributed by atoms with van der Waals surface area (Å²) in [5.74, 6) is 2.32. The van der Waals surface area contributed by atoms with Gasteiger partial charge < -0.3 is 20.1 Å². The number of benzene rings is 1. The lowest BCUT2D eigenvalue weighted by atomic mass is 10.2. The van der Waals surface area contributed by atoms with E-state index in [0.29, 0.717) is 25.4 Å². The van der Waals surface area contributed by atoms with Gasteiger partial charge in [-0.25, -0.2) is 0 Å². The monoisotopic (exact) mass is 339 g/mol. The van der Waals surface area contributed by atoms with Crippen LogP contribution in [0, 0.1) is 6.92 Å². The number of hydrogen-bond acceptors (Lipinski definition) is 6. The van der Waals surface area contributed by atoms with Crippen LogP contribution in [0.4, 0.5) is 0 Å². The third-order valence-corrected chi connectivity index (χ3v) is 3.64. The Balaban J connectivity index is 1.39. The number of nitrogens with one attached hydrogen (secondary N) is 2. The van der Waals surface area contributed by atoms with Gasteiger partial charge in [-0.05, 0) is 43.3 Å². The van der Waals surface area contributed by atoms with Gasteiger partial charge in [0.2, 0.25) is 0 Å². The molecule has 0 saturated carbocycles. The van der Waals surface area contributed by atoms with Gasteiger partial charge in [0.1, 0.15) is 24.3 Å². The lowest BCUT2D eigenvalue weighted by molar-refractivity contribution is 0.167. The molecule has 7 heteroatoms. The van der Waals surface area contributed by atoms with E-state index in [0.717, 1.165) is 23.0 Å². The second-order valence-electron chi connectivity index (χ2n) is 5.61. The molecule has 2 heterocycles. The molecule has 130 valence electrons. The first kappa shape index (κ1) is 17.1. The zero-order valence-electron chi connectivity index (χ0n) is 14.0. The summed E-state index contributed by atoms with van der Waals surface area (Å²) >= 11 is 0. The van der Waals surface area contributed by atoms with Crippen LogP contribution < -0.4 is 10.1 Å². The van der Waals surface area contributed by atoms with E-state index in [9.17, 15) is 5.11 Å². The quantitative estimate of drug-likeness (QED) is 0.542. The van der Waals surface area contributed by atoms with Crippen molar-refractivity contribution in [2.24, 2.45) is 0 Å². The number of aryl methyl sites for hydroxylation is 1. The van der Waals surface area contributed by atoms with Crippen molar-refractivity contribution in [1.29, 1.82) is 0 Å². The largest absolute Gasteiger partial charge is 0.492 e. The molecule has 0 saturated heterocycles. The maximum absolute atomic E-state index is 10.00. The standard InChI is InChI=1S/C18H21N5O2/c1-13-21-18(23-22-13)14-5-7-15(8-6-14)25-11-10-19-12-17(24)16-4-2-3-9-20-16/h2-9,17,19,24H,10-12H2,1H3,(H,21,22,23)/t17-/m1/s1. The summed E-state index contributed by atoms with van der Waals surface area (Å²) in [7, 11) is 0. The van der Waals surface area contributed by atoms with Crippen LogP contribution in [0.15, 0.2) is 48.7 Å². The highest BCUT2D eigenvalue weighted by atomic mass is 16.5. The van der Waals surface area contributed by atoms with Crippen molar-refractivity contribution < 1.29 is 9.84 Å². The number of hydrogen-bond donors (Lipinski definition) is 3. The van der Waals surface area contributed by atoms with Crippen LogP contribution in [-0.4, -0.2) is 45.0 Å². The Labute approximate surface area is 146 Å². The van der Waals surface area contributed by atoms with Crippen molar-refractivity contribution in [1.82, 2.24) is 25.5 Å². The minimum atomic E-state index is -0.620. The first-order valence-corrected chi connectivity index (χ1v) is 8.14. The van der Waals surface area contributed by atoms with E-state index in [2.05, 4.69) is 25.5 Å². The Morgan fingerprint density at radius 3 is 2.68 bits per heavy atom. The molecule has 3 rings (SSSR count). The Hall–Kier alpha value is -2.77. The molecular formula is C18H21N5O2. The highest BCUT2D eigenvalue weighted by Crippen LogP contribution is 2.19. The van der Waals surface area contributed by atoms with Crippen LogP contribution in [0.5, 0.6) is 5.75 Å². The Morgan fingerprint density at radius 1 is 1.16 bits per heavy atom. The maximum Gasteiger partial charge on any atom is 0.161 e. The van der Waals surface area contributed by atoms with E-state index < -0.39 is 6.10 Å². The van der Waals surface area contributed by atoms with Gasteiger partial charge in [0.15, 0.2) is 5.82 Å². The molecule has 2 aromatic heterocycles. The van der Waals surface area contributed by atoms with Gasteiger partial charge in [0.25, 0.3) is 0 Å². The van der Waals surface area contributed by atoms with Gasteiger partial charge in [-0.2, -0.15) is 0 Å². The summed E-state index contributed by atoms with van der Waals surface area (Å²) in [5, 5.41) is 21.2. The van der Waals surface area contributed by atoms with Gasteiger partial charge in [0.05, 0.1) is 5.69 Å². The summed E-state index contributed by atoms with van der Waals surface area (Å²) in [6.07, 6.45) is 1.05. The molecule has 0 aliphatic rings. The number of aromatic nitrogens is 4. The van der Waals surface area contributed by atoms with Gasteiger partial charge in [-0.3, -0.25) is 4.98 Å². The molecule has 0 spiro atoms. The number of rotatable bonds is 8. The fraction of sp³-hybridized carbons (Fsp3) is 0.278. The third-order valence-electron chi connectivity index (χ3n) is 3.64. The second kappa shape index (κ2) is 8.36. The van der Waals surface area contributed by atoms with Crippen molar-refractivity contribution in [3.63, 3.8) is 0 Å². The molecule has 25 heavy (non-hydrogen) atoms. The molecule has 0 radical (unpaired) electrons. The van der Waals surface area contributed by atoms with E-state index in [1.807, 2.05) is 43.3 Å². The Bertz CT molecular complexity index is 774. The van der Waals surface area contributed by atoms with E-state index in [4.69, 9.17) is 4.74 Å². The maximum atomic E-state index is 10.00. The molecule has 1 aromatic carbocycles. The SMILES string of the molecule is Cc1nnc(-c2ccc(OCCNC[C@@H](O)c3ccccn3)cc2)[nH]1. The summed E-state index contributed by atoms with van der Waals surface area (Å²) in [6, 6.07) is 13.2. The predicted molar refractivity (Wildman–Crippen MR) is 94.1 cm³/mol. The average molecular weight is 339 g/mol. The molecule has 3 N–H and O–H groups in total. The highest BCUT2D eigenvalue weighted by molar-refractivity contribution is 5.55. The number of nitrogens with zero attached hydrogens (tertiary/aromatic N) is 3. The number of ether oxygens (including phenoxy) is 1. The van der Waals surface area contributed by atoms with Crippen LogP contribution in [0.3, 0.4) is 0 Å². The van der Waals surface area contributed by atoms with Crippen molar-refractivity contribution in [2.45, 2.75) is 13.0 Å². The second-order valence-corrected chi connectivity index (χ2v) is 5.61. The van der Waals surface area contributed by atoms with Crippen molar-refractivity contribution in [2.75, 3.05) is 19.7 Å². The van der Waals surface area contributed by atoms with Crippen molar-refractivity contribution in [3.05, 3.63) is 60.2 Å². The summed E-state index contributed by atoms with van der Waals surface area (Å²) in [5.41, 5.74) is 1.62. The molecule has 1 atom stereocenters. The molecule has 3 aromatic rings. The van der Waals surface area contributed by atoms with Crippen LogP contribution in [0.1, 0.15) is 17.6 Å². The van der Waals surface area contributed by atoms with Gasteiger partial charge in [-0.15, -0.1) is 10.2 Å². The fourth-order valence-electron chi connectivity index (χ4n) is 2.34. The van der Waals surface area contributed by atoms with Crippen LogP contribution >= 0.6 is 0 Å². The topological polar surface area (TPSA) is 96.0 Å². The van der Waals surface area contributed by atoms with E-state index in [1.54, 1.807) is 12.3 Å². The number of aliphatic hydroxyl groups excluding tert-OH is 1. The van der Waals surface area contributed by atoms with Crippen molar-refractivity contribution in [3.8, 4) is 17.1 Å². The summed E-state index contributed by atoms with van der Waals surface area (Å²) in [4.78, 5) is 7.22. The first-order valence-electron chi connectivity index (χ1n) is 8.14. The molecule has 7 nitrogen and oxygen atoms in total. The smallest absolute Gasteiger partial charge is 0.161 e. The van der Waals surface area contributed by atoms with Crippen molar-refractivity contribution >= 4 is 0 Å². The zero-order valence-corrected chi connectivity index (χ0v) is 14.0. The Kier molecular flexibility index (Phi) is 5.71. The Morgan fingerprint density at radius 2 is 2.00 bits per heavy atom. The van der Waals surface area contributed by atoms with Gasteiger partial charge in [-0.1, -0.05) is 6.07 Å². The fourth-order valence-corrected chi connectivity index (χ4v) is 2.34. The average Bonchev–Trinajstić information content (AvgIpc) is 3.09.